The lowest BCUT2D eigenvalue weighted by atomic mass is 10.3. The standard InChI is InChI=1S/C13H20N4S2/c1-5-13-14-10(3)12(19-13)8-17-7-11(15-16-17)6-9(2)18-4/h7,9H,5-6,8H2,1-4H3/t9-/m0/s1. The summed E-state index contributed by atoms with van der Waals surface area (Å²) in [5, 5.41) is 10.2. The zero-order chi connectivity index (χ0) is 13.8. The summed E-state index contributed by atoms with van der Waals surface area (Å²) in [5.41, 5.74) is 2.19. The molecule has 0 spiro atoms. The summed E-state index contributed by atoms with van der Waals surface area (Å²) in [6.45, 7) is 7.20. The van der Waals surface area contributed by atoms with Crippen LogP contribution in [-0.2, 0) is 19.4 Å². The van der Waals surface area contributed by atoms with Gasteiger partial charge in [0.1, 0.15) is 0 Å². The Kier molecular flexibility index (Phi) is 4.99. The summed E-state index contributed by atoms with van der Waals surface area (Å²) in [5.74, 6) is 0. The van der Waals surface area contributed by atoms with Gasteiger partial charge in [-0.2, -0.15) is 11.8 Å². The maximum Gasteiger partial charge on any atom is 0.0928 e. The average molecular weight is 296 g/mol. The van der Waals surface area contributed by atoms with Crippen molar-refractivity contribution in [3.8, 4) is 0 Å². The average Bonchev–Trinajstić information content (AvgIpc) is 2.97. The molecule has 0 bridgehead atoms. The first-order valence-corrected chi connectivity index (χ1v) is 8.59. The second-order valence-corrected chi connectivity index (χ2v) is 7.07. The molecule has 0 saturated carbocycles. The molecule has 0 aliphatic carbocycles. The van der Waals surface area contributed by atoms with Crippen molar-refractivity contribution in [1.29, 1.82) is 0 Å². The molecule has 19 heavy (non-hydrogen) atoms. The Morgan fingerprint density at radius 3 is 2.89 bits per heavy atom. The van der Waals surface area contributed by atoms with E-state index in [0.717, 1.165) is 30.8 Å². The van der Waals surface area contributed by atoms with E-state index in [2.05, 4.69) is 48.5 Å². The number of aromatic nitrogens is 4. The smallest absolute Gasteiger partial charge is 0.0928 e. The molecule has 1 atom stereocenters. The summed E-state index contributed by atoms with van der Waals surface area (Å²) < 4.78 is 1.92. The van der Waals surface area contributed by atoms with Crippen LogP contribution in [0.2, 0.25) is 0 Å². The van der Waals surface area contributed by atoms with E-state index in [9.17, 15) is 0 Å². The van der Waals surface area contributed by atoms with Crippen molar-refractivity contribution in [2.24, 2.45) is 0 Å². The highest BCUT2D eigenvalue weighted by Crippen LogP contribution is 2.19. The van der Waals surface area contributed by atoms with Gasteiger partial charge in [0.25, 0.3) is 0 Å². The third-order valence-corrected chi connectivity index (χ3v) is 5.29. The van der Waals surface area contributed by atoms with Crippen molar-refractivity contribution in [2.45, 2.75) is 45.4 Å². The van der Waals surface area contributed by atoms with Gasteiger partial charge in [0.05, 0.1) is 22.9 Å². The Bertz CT molecular complexity index is 532. The van der Waals surface area contributed by atoms with Crippen LogP contribution in [-0.4, -0.2) is 31.5 Å². The predicted molar refractivity (Wildman–Crippen MR) is 82.0 cm³/mol. The van der Waals surface area contributed by atoms with Crippen molar-refractivity contribution in [3.63, 3.8) is 0 Å². The molecule has 0 amide bonds. The zero-order valence-electron chi connectivity index (χ0n) is 11.9. The summed E-state index contributed by atoms with van der Waals surface area (Å²) in [4.78, 5) is 5.83. The molecule has 0 saturated heterocycles. The van der Waals surface area contributed by atoms with Gasteiger partial charge in [-0.25, -0.2) is 9.67 Å². The first-order valence-electron chi connectivity index (χ1n) is 6.49. The molecule has 2 heterocycles. The number of hydrogen-bond donors (Lipinski definition) is 0. The van der Waals surface area contributed by atoms with Crippen LogP contribution in [0.5, 0.6) is 0 Å². The molecule has 0 N–H and O–H groups in total. The number of rotatable bonds is 6. The topological polar surface area (TPSA) is 43.6 Å². The Hall–Kier alpha value is -0.880. The minimum atomic E-state index is 0.585. The number of aryl methyl sites for hydroxylation is 2. The van der Waals surface area contributed by atoms with Crippen LogP contribution in [0.3, 0.4) is 0 Å². The van der Waals surface area contributed by atoms with Crippen molar-refractivity contribution in [3.05, 3.63) is 27.5 Å². The quantitative estimate of drug-likeness (QED) is 0.822. The van der Waals surface area contributed by atoms with Crippen LogP contribution in [0.4, 0.5) is 0 Å². The molecule has 0 aliphatic heterocycles. The Labute approximate surface area is 122 Å². The van der Waals surface area contributed by atoms with E-state index in [1.54, 1.807) is 11.3 Å². The minimum absolute atomic E-state index is 0.585. The Balaban J connectivity index is 2.04. The minimum Gasteiger partial charge on any atom is -0.247 e. The lowest BCUT2D eigenvalue weighted by molar-refractivity contribution is 0.652. The monoisotopic (exact) mass is 296 g/mol. The molecular weight excluding hydrogens is 276 g/mol. The van der Waals surface area contributed by atoms with Gasteiger partial charge < -0.3 is 0 Å². The number of thiazole rings is 1. The summed E-state index contributed by atoms with van der Waals surface area (Å²) in [6.07, 6.45) is 6.15. The van der Waals surface area contributed by atoms with Gasteiger partial charge in [-0.05, 0) is 19.6 Å². The third-order valence-electron chi connectivity index (χ3n) is 3.03. The van der Waals surface area contributed by atoms with Crippen LogP contribution in [0.1, 0.15) is 35.1 Å². The fraction of sp³-hybridized carbons (Fsp3) is 0.615. The second-order valence-electron chi connectivity index (χ2n) is 4.63. The van der Waals surface area contributed by atoms with Gasteiger partial charge in [0.15, 0.2) is 0 Å². The predicted octanol–water partition coefficient (Wildman–Crippen LogP) is 2.95. The molecule has 0 fully saturated rings. The van der Waals surface area contributed by atoms with Gasteiger partial charge in [-0.1, -0.05) is 19.1 Å². The Morgan fingerprint density at radius 2 is 2.26 bits per heavy atom. The van der Waals surface area contributed by atoms with Gasteiger partial charge in [-0.3, -0.25) is 0 Å². The summed E-state index contributed by atoms with van der Waals surface area (Å²) >= 11 is 3.63. The second kappa shape index (κ2) is 6.52. The maximum absolute atomic E-state index is 4.55. The van der Waals surface area contributed by atoms with Crippen LogP contribution in [0.15, 0.2) is 6.20 Å². The maximum atomic E-state index is 4.55. The normalized spacial score (nSPS) is 12.8. The largest absolute Gasteiger partial charge is 0.247 e. The molecule has 6 heteroatoms. The number of hydrogen-bond acceptors (Lipinski definition) is 5. The molecule has 2 aromatic rings. The highest BCUT2D eigenvalue weighted by molar-refractivity contribution is 7.99. The SMILES string of the molecule is CCc1nc(C)c(Cn2cc(C[C@H](C)SC)nn2)s1. The van der Waals surface area contributed by atoms with Crippen LogP contribution in [0, 0.1) is 6.92 Å². The molecule has 2 aromatic heterocycles. The number of nitrogens with zero attached hydrogens (tertiary/aromatic N) is 4. The van der Waals surface area contributed by atoms with Crippen molar-refractivity contribution in [2.75, 3.05) is 6.26 Å². The van der Waals surface area contributed by atoms with E-state index in [0.29, 0.717) is 5.25 Å². The summed E-state index contributed by atoms with van der Waals surface area (Å²) in [7, 11) is 0. The molecule has 0 aliphatic rings. The highest BCUT2D eigenvalue weighted by Gasteiger charge is 2.10. The van der Waals surface area contributed by atoms with Crippen molar-refractivity contribution >= 4 is 23.1 Å². The van der Waals surface area contributed by atoms with Gasteiger partial charge in [-0.15, -0.1) is 16.4 Å². The van der Waals surface area contributed by atoms with Crippen molar-refractivity contribution < 1.29 is 0 Å². The first kappa shape index (κ1) is 14.5. The highest BCUT2D eigenvalue weighted by atomic mass is 32.2. The Morgan fingerprint density at radius 1 is 1.47 bits per heavy atom. The van der Waals surface area contributed by atoms with E-state index in [-0.39, 0.29) is 0 Å². The number of thioether (sulfide) groups is 1. The molecule has 0 radical (unpaired) electrons. The molecular formula is C13H20N4S2. The molecule has 4 nitrogen and oxygen atoms in total. The van der Waals surface area contributed by atoms with E-state index < -0.39 is 0 Å². The summed E-state index contributed by atoms with van der Waals surface area (Å²) in [6, 6.07) is 0. The molecule has 0 unspecified atom stereocenters. The molecule has 104 valence electrons. The van der Waals surface area contributed by atoms with Crippen molar-refractivity contribution in [1.82, 2.24) is 20.0 Å². The van der Waals surface area contributed by atoms with Gasteiger partial charge in [0.2, 0.25) is 0 Å². The van der Waals surface area contributed by atoms with Crippen LogP contribution >= 0.6 is 23.1 Å². The lowest BCUT2D eigenvalue weighted by Crippen LogP contribution is -2.01. The van der Waals surface area contributed by atoms with E-state index in [4.69, 9.17) is 0 Å². The van der Waals surface area contributed by atoms with Gasteiger partial charge in [0, 0.05) is 22.7 Å². The fourth-order valence-corrected chi connectivity index (χ4v) is 3.16. The van der Waals surface area contributed by atoms with Gasteiger partial charge >= 0.3 is 0 Å². The third kappa shape index (κ3) is 3.79. The molecule has 2 rings (SSSR count). The van der Waals surface area contributed by atoms with Crippen LogP contribution < -0.4 is 0 Å². The zero-order valence-corrected chi connectivity index (χ0v) is 13.5. The van der Waals surface area contributed by atoms with E-state index >= 15 is 0 Å². The fourth-order valence-electron chi connectivity index (χ4n) is 1.82. The van der Waals surface area contributed by atoms with E-state index in [1.165, 1.54) is 9.88 Å². The first-order chi connectivity index (χ1) is 9.12. The van der Waals surface area contributed by atoms with E-state index in [1.807, 2.05) is 16.4 Å². The lowest BCUT2D eigenvalue weighted by Gasteiger charge is -2.03. The van der Waals surface area contributed by atoms with Crippen LogP contribution in [0.25, 0.3) is 0 Å². The molecule has 0 aromatic carbocycles.